The van der Waals surface area contributed by atoms with E-state index in [-0.39, 0.29) is 0 Å². The summed E-state index contributed by atoms with van der Waals surface area (Å²) in [5, 5.41) is 0. The highest BCUT2D eigenvalue weighted by atomic mass is 79.9. The van der Waals surface area contributed by atoms with Crippen molar-refractivity contribution in [1.82, 2.24) is 4.98 Å². The molecule has 2 aromatic rings. The average molecular weight is 341 g/mol. The minimum atomic E-state index is 0.367. The van der Waals surface area contributed by atoms with Gasteiger partial charge in [-0.25, -0.2) is 4.98 Å². The van der Waals surface area contributed by atoms with Crippen LogP contribution in [0.25, 0.3) is 0 Å². The van der Waals surface area contributed by atoms with Gasteiger partial charge in [0.15, 0.2) is 0 Å². The van der Waals surface area contributed by atoms with E-state index in [4.69, 9.17) is 16.3 Å². The Hall–Kier alpha value is -1.06. The number of halogens is 2. The van der Waals surface area contributed by atoms with Crippen LogP contribution in [-0.2, 0) is 5.88 Å². The molecule has 0 amide bonds. The summed E-state index contributed by atoms with van der Waals surface area (Å²) in [6.45, 7) is 6.15. The van der Waals surface area contributed by atoms with Gasteiger partial charge in [0.25, 0.3) is 0 Å². The van der Waals surface area contributed by atoms with E-state index in [1.807, 2.05) is 13.0 Å². The summed E-state index contributed by atoms with van der Waals surface area (Å²) in [7, 11) is 0. The molecule has 0 aliphatic carbocycles. The second-order valence-electron chi connectivity index (χ2n) is 4.51. The Balaban J connectivity index is 2.44. The third-order valence-corrected chi connectivity index (χ3v) is 3.83. The van der Waals surface area contributed by atoms with Gasteiger partial charge < -0.3 is 4.74 Å². The minimum absolute atomic E-state index is 0.367. The van der Waals surface area contributed by atoms with Crippen molar-refractivity contribution in [3.05, 3.63) is 51.1 Å². The Labute approximate surface area is 126 Å². The number of hydrogen-bond acceptors (Lipinski definition) is 2. The van der Waals surface area contributed by atoms with Crippen LogP contribution >= 0.6 is 27.5 Å². The second kappa shape index (κ2) is 5.93. The molecule has 19 heavy (non-hydrogen) atoms. The molecule has 0 N–H and O–H groups in total. The van der Waals surface area contributed by atoms with Crippen LogP contribution in [0.3, 0.4) is 0 Å². The van der Waals surface area contributed by atoms with Gasteiger partial charge in [-0.15, -0.1) is 11.6 Å². The monoisotopic (exact) mass is 339 g/mol. The minimum Gasteiger partial charge on any atom is -0.438 e. The molecule has 0 bridgehead atoms. The molecule has 0 atom stereocenters. The smallest absolute Gasteiger partial charge is 0.223 e. The van der Waals surface area contributed by atoms with Gasteiger partial charge >= 0.3 is 0 Å². The zero-order valence-electron chi connectivity index (χ0n) is 11.1. The molecule has 0 aliphatic rings. The van der Waals surface area contributed by atoms with E-state index >= 15 is 0 Å². The topological polar surface area (TPSA) is 22.1 Å². The Kier molecular flexibility index (Phi) is 4.48. The van der Waals surface area contributed by atoms with E-state index in [0.717, 1.165) is 26.9 Å². The third kappa shape index (κ3) is 3.10. The summed E-state index contributed by atoms with van der Waals surface area (Å²) >= 11 is 9.33. The van der Waals surface area contributed by atoms with Crippen LogP contribution in [0.4, 0.5) is 0 Å². The number of aromatic nitrogens is 1. The number of pyridine rings is 1. The first kappa shape index (κ1) is 14.4. The molecule has 100 valence electrons. The fourth-order valence-electron chi connectivity index (χ4n) is 1.84. The Morgan fingerprint density at radius 2 is 1.89 bits per heavy atom. The van der Waals surface area contributed by atoms with Gasteiger partial charge in [0, 0.05) is 16.2 Å². The molecule has 2 rings (SSSR count). The molecule has 1 aromatic heterocycles. The lowest BCUT2D eigenvalue weighted by atomic mass is 10.1. The molecule has 0 saturated carbocycles. The standard InChI is InChI=1S/C15H15BrClNO/c1-9-4-5-10(2)14(11(9)3)19-15-12(7-17)6-13(16)8-18-15/h4-6,8H,7H2,1-3H3. The van der Waals surface area contributed by atoms with Gasteiger partial charge in [0.1, 0.15) is 5.75 Å². The molecular weight excluding hydrogens is 326 g/mol. The molecule has 2 nitrogen and oxygen atoms in total. The summed E-state index contributed by atoms with van der Waals surface area (Å²) in [5.74, 6) is 1.79. The van der Waals surface area contributed by atoms with E-state index in [2.05, 4.69) is 46.9 Å². The lowest BCUT2D eigenvalue weighted by Gasteiger charge is -2.14. The molecule has 0 spiro atoms. The third-order valence-electron chi connectivity index (χ3n) is 3.11. The number of alkyl halides is 1. The van der Waals surface area contributed by atoms with Crippen LogP contribution in [-0.4, -0.2) is 4.98 Å². The van der Waals surface area contributed by atoms with E-state index in [0.29, 0.717) is 11.8 Å². The fraction of sp³-hybridized carbons (Fsp3) is 0.267. The maximum Gasteiger partial charge on any atom is 0.223 e. The molecule has 0 fully saturated rings. The van der Waals surface area contributed by atoms with Crippen LogP contribution < -0.4 is 4.74 Å². The van der Waals surface area contributed by atoms with Gasteiger partial charge in [-0.1, -0.05) is 12.1 Å². The number of hydrogen-bond donors (Lipinski definition) is 0. The van der Waals surface area contributed by atoms with Gasteiger partial charge in [-0.2, -0.15) is 0 Å². The van der Waals surface area contributed by atoms with Crippen molar-refractivity contribution in [2.75, 3.05) is 0 Å². The van der Waals surface area contributed by atoms with Crippen LogP contribution in [0.1, 0.15) is 22.3 Å². The van der Waals surface area contributed by atoms with Crippen LogP contribution in [0.5, 0.6) is 11.6 Å². The molecule has 0 radical (unpaired) electrons. The second-order valence-corrected chi connectivity index (χ2v) is 5.69. The average Bonchev–Trinajstić information content (AvgIpc) is 2.40. The molecule has 1 aromatic carbocycles. The lowest BCUT2D eigenvalue weighted by Crippen LogP contribution is -1.98. The first-order chi connectivity index (χ1) is 9.02. The summed E-state index contributed by atoms with van der Waals surface area (Å²) in [6, 6.07) is 6.07. The van der Waals surface area contributed by atoms with Crippen molar-refractivity contribution >= 4 is 27.5 Å². The quantitative estimate of drug-likeness (QED) is 0.707. The van der Waals surface area contributed by atoms with Crippen molar-refractivity contribution in [3.8, 4) is 11.6 Å². The Bertz CT molecular complexity index is 613. The van der Waals surface area contributed by atoms with Crippen molar-refractivity contribution in [3.63, 3.8) is 0 Å². The highest BCUT2D eigenvalue weighted by Gasteiger charge is 2.11. The largest absolute Gasteiger partial charge is 0.438 e. The summed E-state index contributed by atoms with van der Waals surface area (Å²) in [5.41, 5.74) is 4.29. The maximum absolute atomic E-state index is 5.98. The van der Waals surface area contributed by atoms with E-state index < -0.39 is 0 Å². The molecular formula is C15H15BrClNO. The molecule has 1 heterocycles. The molecule has 0 unspecified atom stereocenters. The highest BCUT2D eigenvalue weighted by Crippen LogP contribution is 2.32. The normalized spacial score (nSPS) is 10.6. The van der Waals surface area contributed by atoms with Gasteiger partial charge in [-0.3, -0.25) is 0 Å². The molecule has 0 saturated heterocycles. The van der Waals surface area contributed by atoms with Gasteiger partial charge in [0.2, 0.25) is 5.88 Å². The summed E-state index contributed by atoms with van der Waals surface area (Å²) < 4.78 is 6.88. The maximum atomic E-state index is 5.98. The first-order valence-electron chi connectivity index (χ1n) is 5.98. The van der Waals surface area contributed by atoms with Crippen LogP contribution in [0.2, 0.25) is 0 Å². The molecule has 0 aliphatic heterocycles. The van der Waals surface area contributed by atoms with E-state index in [1.165, 1.54) is 5.56 Å². The SMILES string of the molecule is Cc1ccc(C)c(Oc2ncc(Br)cc2CCl)c1C. The highest BCUT2D eigenvalue weighted by molar-refractivity contribution is 9.10. The Morgan fingerprint density at radius 3 is 2.58 bits per heavy atom. The van der Waals surface area contributed by atoms with Crippen LogP contribution in [0.15, 0.2) is 28.9 Å². The van der Waals surface area contributed by atoms with Crippen LogP contribution in [0, 0.1) is 20.8 Å². The van der Waals surface area contributed by atoms with Crippen molar-refractivity contribution in [2.45, 2.75) is 26.7 Å². The number of aryl methyl sites for hydroxylation is 2. The van der Waals surface area contributed by atoms with Crippen molar-refractivity contribution < 1.29 is 4.74 Å². The Morgan fingerprint density at radius 1 is 1.21 bits per heavy atom. The summed E-state index contributed by atoms with van der Waals surface area (Å²) in [6.07, 6.45) is 1.71. The number of nitrogens with zero attached hydrogens (tertiary/aromatic N) is 1. The number of ether oxygens (including phenoxy) is 1. The van der Waals surface area contributed by atoms with Gasteiger partial charge in [-0.05, 0) is 59.5 Å². The lowest BCUT2D eigenvalue weighted by molar-refractivity contribution is 0.451. The fourth-order valence-corrected chi connectivity index (χ4v) is 2.41. The summed E-state index contributed by atoms with van der Waals surface area (Å²) in [4.78, 5) is 4.30. The van der Waals surface area contributed by atoms with Crippen molar-refractivity contribution in [1.29, 1.82) is 0 Å². The predicted molar refractivity (Wildman–Crippen MR) is 82.2 cm³/mol. The van der Waals surface area contributed by atoms with E-state index in [1.54, 1.807) is 6.20 Å². The van der Waals surface area contributed by atoms with Gasteiger partial charge in [0.05, 0.1) is 5.88 Å². The predicted octanol–water partition coefficient (Wildman–Crippen LogP) is 5.30. The first-order valence-corrected chi connectivity index (χ1v) is 7.30. The zero-order chi connectivity index (χ0) is 14.0. The van der Waals surface area contributed by atoms with E-state index in [9.17, 15) is 0 Å². The zero-order valence-corrected chi connectivity index (χ0v) is 13.5. The number of rotatable bonds is 3. The number of benzene rings is 1. The van der Waals surface area contributed by atoms with Crippen molar-refractivity contribution in [2.24, 2.45) is 0 Å². The molecule has 4 heteroatoms.